The van der Waals surface area contributed by atoms with Gasteiger partial charge in [-0.05, 0) is 30.5 Å². The number of methoxy groups -OCH3 is 1. The van der Waals surface area contributed by atoms with E-state index in [4.69, 9.17) is 9.47 Å². The van der Waals surface area contributed by atoms with E-state index in [0.29, 0.717) is 0 Å². The summed E-state index contributed by atoms with van der Waals surface area (Å²) in [4.78, 5) is 0. The highest BCUT2D eigenvalue weighted by Gasteiger charge is 2.38. The maximum atomic E-state index is 6.48. The summed E-state index contributed by atoms with van der Waals surface area (Å²) in [7, 11) is 1.71. The number of nitrogens with one attached hydrogen (secondary N) is 1. The van der Waals surface area contributed by atoms with Crippen molar-refractivity contribution >= 4 is 0 Å². The van der Waals surface area contributed by atoms with Crippen molar-refractivity contribution in [3.8, 4) is 5.75 Å². The van der Waals surface area contributed by atoms with Crippen molar-refractivity contribution in [2.75, 3.05) is 20.2 Å². The molecule has 1 saturated carbocycles. The normalized spacial score (nSPS) is 26.3. The molecule has 3 nitrogen and oxygen atoms in total. The van der Waals surface area contributed by atoms with Gasteiger partial charge in [0.2, 0.25) is 0 Å². The summed E-state index contributed by atoms with van der Waals surface area (Å²) in [6.07, 6.45) is 6.50. The molecule has 0 bridgehead atoms. The van der Waals surface area contributed by atoms with E-state index in [1.165, 1.54) is 37.7 Å². The van der Waals surface area contributed by atoms with E-state index < -0.39 is 0 Å². The van der Waals surface area contributed by atoms with Crippen LogP contribution in [0.1, 0.15) is 43.8 Å². The molecule has 1 spiro atoms. The molecule has 1 heterocycles. The van der Waals surface area contributed by atoms with Crippen molar-refractivity contribution in [1.29, 1.82) is 0 Å². The number of morpholine rings is 1. The molecule has 19 heavy (non-hydrogen) atoms. The monoisotopic (exact) mass is 261 g/mol. The number of hydrogen-bond acceptors (Lipinski definition) is 3. The number of benzene rings is 1. The van der Waals surface area contributed by atoms with Gasteiger partial charge in [-0.15, -0.1) is 0 Å². The zero-order valence-electron chi connectivity index (χ0n) is 11.7. The van der Waals surface area contributed by atoms with E-state index in [9.17, 15) is 0 Å². The van der Waals surface area contributed by atoms with Crippen LogP contribution in [0.25, 0.3) is 0 Å². The Morgan fingerprint density at radius 1 is 1.26 bits per heavy atom. The molecule has 1 aromatic carbocycles. The number of rotatable bonds is 2. The van der Waals surface area contributed by atoms with Crippen LogP contribution < -0.4 is 10.1 Å². The van der Waals surface area contributed by atoms with Crippen molar-refractivity contribution in [3.05, 3.63) is 29.8 Å². The summed E-state index contributed by atoms with van der Waals surface area (Å²) >= 11 is 0. The van der Waals surface area contributed by atoms with Crippen molar-refractivity contribution < 1.29 is 9.47 Å². The largest absolute Gasteiger partial charge is 0.497 e. The first-order valence-corrected chi connectivity index (χ1v) is 7.34. The molecule has 2 fully saturated rings. The van der Waals surface area contributed by atoms with Crippen LogP contribution >= 0.6 is 0 Å². The molecule has 3 rings (SSSR count). The second-order valence-electron chi connectivity index (χ2n) is 5.76. The van der Waals surface area contributed by atoms with Gasteiger partial charge < -0.3 is 14.8 Å². The Labute approximate surface area is 115 Å². The lowest BCUT2D eigenvalue weighted by atomic mass is 9.83. The fourth-order valence-corrected chi connectivity index (χ4v) is 3.33. The average molecular weight is 261 g/mol. The fraction of sp³-hybridized carbons (Fsp3) is 0.625. The van der Waals surface area contributed by atoms with Crippen LogP contribution in [0.2, 0.25) is 0 Å². The first kappa shape index (κ1) is 12.9. The zero-order valence-corrected chi connectivity index (χ0v) is 11.7. The molecule has 1 unspecified atom stereocenters. The smallest absolute Gasteiger partial charge is 0.119 e. The second kappa shape index (κ2) is 5.51. The molecule has 3 heteroatoms. The summed E-state index contributed by atoms with van der Waals surface area (Å²) in [5.41, 5.74) is 1.29. The van der Waals surface area contributed by atoms with Crippen molar-refractivity contribution in [3.63, 3.8) is 0 Å². The molecule has 0 radical (unpaired) electrons. The first-order chi connectivity index (χ1) is 9.31. The molecule has 104 valence electrons. The van der Waals surface area contributed by atoms with Crippen LogP contribution in [0.5, 0.6) is 5.75 Å². The van der Waals surface area contributed by atoms with Crippen LogP contribution in [0, 0.1) is 0 Å². The lowest BCUT2D eigenvalue weighted by molar-refractivity contribution is -0.135. The van der Waals surface area contributed by atoms with E-state index in [1.54, 1.807) is 7.11 Å². The standard InChI is InChI=1S/C16H23NO2/c1-18-14-7-5-6-13(10-14)15-11-17-12-16(19-15)8-3-2-4-9-16/h5-7,10,15,17H,2-4,8-9,11-12H2,1H3. The SMILES string of the molecule is COc1cccc(C2CNCC3(CCCCC3)O2)c1. The van der Waals surface area contributed by atoms with Crippen molar-refractivity contribution in [1.82, 2.24) is 5.32 Å². The predicted octanol–water partition coefficient (Wildman–Crippen LogP) is 3.06. The minimum Gasteiger partial charge on any atom is -0.497 e. The van der Waals surface area contributed by atoms with Crippen molar-refractivity contribution in [2.24, 2.45) is 0 Å². The number of ether oxygens (including phenoxy) is 2. The Morgan fingerprint density at radius 3 is 2.89 bits per heavy atom. The van der Waals surface area contributed by atoms with E-state index in [-0.39, 0.29) is 11.7 Å². The molecular formula is C16H23NO2. The summed E-state index contributed by atoms with van der Waals surface area (Å²) in [6, 6.07) is 8.25. The third kappa shape index (κ3) is 2.77. The van der Waals surface area contributed by atoms with Gasteiger partial charge in [0, 0.05) is 13.1 Å². The summed E-state index contributed by atoms with van der Waals surface area (Å²) in [5.74, 6) is 0.907. The van der Waals surface area contributed by atoms with Crippen LogP contribution in [0.3, 0.4) is 0 Å². The second-order valence-corrected chi connectivity index (χ2v) is 5.76. The highest BCUT2D eigenvalue weighted by atomic mass is 16.5. The molecule has 0 amide bonds. The Balaban J connectivity index is 1.76. The third-order valence-corrected chi connectivity index (χ3v) is 4.40. The Kier molecular flexibility index (Phi) is 3.76. The average Bonchev–Trinajstić information content (AvgIpc) is 2.48. The molecule has 0 aromatic heterocycles. The minimum atomic E-state index is 0.0737. The quantitative estimate of drug-likeness (QED) is 0.887. The van der Waals surface area contributed by atoms with Gasteiger partial charge in [-0.1, -0.05) is 31.4 Å². The fourth-order valence-electron chi connectivity index (χ4n) is 3.33. The Morgan fingerprint density at radius 2 is 2.11 bits per heavy atom. The molecular weight excluding hydrogens is 238 g/mol. The molecule has 1 aliphatic carbocycles. The Hall–Kier alpha value is -1.06. The molecule has 1 saturated heterocycles. The molecule has 1 N–H and O–H groups in total. The van der Waals surface area contributed by atoms with E-state index in [2.05, 4.69) is 17.4 Å². The van der Waals surface area contributed by atoms with Crippen LogP contribution in [-0.2, 0) is 4.74 Å². The first-order valence-electron chi connectivity index (χ1n) is 7.34. The summed E-state index contributed by atoms with van der Waals surface area (Å²) in [6.45, 7) is 1.91. The highest BCUT2D eigenvalue weighted by molar-refractivity contribution is 5.30. The number of hydrogen-bond donors (Lipinski definition) is 1. The van der Waals surface area contributed by atoms with Gasteiger partial charge in [-0.25, -0.2) is 0 Å². The van der Waals surface area contributed by atoms with Crippen LogP contribution in [-0.4, -0.2) is 25.8 Å². The molecule has 1 aliphatic heterocycles. The summed E-state index contributed by atoms with van der Waals surface area (Å²) in [5, 5.41) is 3.57. The Bertz CT molecular complexity index is 421. The van der Waals surface area contributed by atoms with Crippen molar-refractivity contribution in [2.45, 2.75) is 43.8 Å². The lowest BCUT2D eigenvalue weighted by Gasteiger charge is -2.44. The van der Waals surface area contributed by atoms with Gasteiger partial charge >= 0.3 is 0 Å². The summed E-state index contributed by atoms with van der Waals surface area (Å²) < 4.78 is 11.8. The van der Waals surface area contributed by atoms with Gasteiger partial charge in [0.15, 0.2) is 0 Å². The van der Waals surface area contributed by atoms with Crippen LogP contribution in [0.15, 0.2) is 24.3 Å². The minimum absolute atomic E-state index is 0.0737. The topological polar surface area (TPSA) is 30.5 Å². The van der Waals surface area contributed by atoms with E-state index in [0.717, 1.165) is 18.8 Å². The lowest BCUT2D eigenvalue weighted by Crippen LogP contribution is -2.51. The molecule has 2 aliphatic rings. The predicted molar refractivity (Wildman–Crippen MR) is 75.5 cm³/mol. The third-order valence-electron chi connectivity index (χ3n) is 4.40. The van der Waals surface area contributed by atoms with E-state index in [1.807, 2.05) is 12.1 Å². The van der Waals surface area contributed by atoms with E-state index >= 15 is 0 Å². The van der Waals surface area contributed by atoms with Gasteiger partial charge in [0.25, 0.3) is 0 Å². The zero-order chi connectivity index (χ0) is 13.1. The highest BCUT2D eigenvalue weighted by Crippen LogP contribution is 2.38. The maximum absolute atomic E-state index is 6.48. The van der Waals surface area contributed by atoms with Gasteiger partial charge in [0.1, 0.15) is 5.75 Å². The van der Waals surface area contributed by atoms with Gasteiger partial charge in [-0.2, -0.15) is 0 Å². The van der Waals surface area contributed by atoms with Crippen LogP contribution in [0.4, 0.5) is 0 Å². The van der Waals surface area contributed by atoms with Gasteiger partial charge in [-0.3, -0.25) is 0 Å². The van der Waals surface area contributed by atoms with Gasteiger partial charge in [0.05, 0.1) is 18.8 Å². The maximum Gasteiger partial charge on any atom is 0.119 e. The molecule has 1 aromatic rings. The molecule has 1 atom stereocenters.